The summed E-state index contributed by atoms with van der Waals surface area (Å²) in [7, 11) is 0. The van der Waals surface area contributed by atoms with Crippen molar-refractivity contribution in [2.45, 2.75) is 0 Å². The number of amides is 1. The van der Waals surface area contributed by atoms with E-state index in [1.54, 1.807) is 0 Å². The smallest absolute Gasteiger partial charge is 0.235 e. The lowest BCUT2D eigenvalue weighted by molar-refractivity contribution is -0.113. The van der Waals surface area contributed by atoms with Crippen LogP contribution in [0.4, 0.5) is 5.69 Å². The normalized spacial score (nSPS) is 9.50. The molecule has 0 aromatic heterocycles. The van der Waals surface area contributed by atoms with E-state index in [1.807, 2.05) is 24.3 Å². The molecular weight excluding hydrogens is 333 g/mol. The molecule has 0 spiro atoms. The Labute approximate surface area is 93.0 Å². The summed E-state index contributed by atoms with van der Waals surface area (Å²) >= 11 is 5.29. The number of anilines is 1. The summed E-state index contributed by atoms with van der Waals surface area (Å²) in [6.07, 6.45) is 0. The molecule has 1 aromatic carbocycles. The van der Waals surface area contributed by atoms with Gasteiger partial charge in [-0.2, -0.15) is 0 Å². The van der Waals surface area contributed by atoms with Gasteiger partial charge in [-0.3, -0.25) is 4.79 Å². The number of rotatable bonds is 2. The molecule has 64 valence electrons. The number of halogens is 2. The number of carbonyl (C=O) groups excluding carboxylic acids is 1. The summed E-state index contributed by atoms with van der Waals surface area (Å²) in [6.45, 7) is 0. The van der Waals surface area contributed by atoms with Crippen LogP contribution in [-0.4, -0.2) is 11.2 Å². The second kappa shape index (κ2) is 4.81. The molecule has 12 heavy (non-hydrogen) atoms. The fourth-order valence-corrected chi connectivity index (χ4v) is 1.23. The van der Waals surface area contributed by atoms with Crippen LogP contribution >= 0.6 is 38.5 Å². The SMILES string of the molecule is O=C(CBr)Nc1ccc(I)cc1. The summed E-state index contributed by atoms with van der Waals surface area (Å²) in [5.41, 5.74) is 0.833. The highest BCUT2D eigenvalue weighted by Gasteiger charge is 1.97. The van der Waals surface area contributed by atoms with Gasteiger partial charge in [-0.05, 0) is 46.9 Å². The molecule has 1 amide bonds. The standard InChI is InChI=1S/C8H7BrINO/c9-5-8(12)11-7-3-1-6(10)2-4-7/h1-4H,5H2,(H,11,12). The molecule has 1 aromatic rings. The Balaban J connectivity index is 2.64. The Morgan fingerprint density at radius 1 is 1.42 bits per heavy atom. The summed E-state index contributed by atoms with van der Waals surface area (Å²) in [4.78, 5) is 10.9. The molecule has 0 aliphatic heterocycles. The van der Waals surface area contributed by atoms with E-state index in [2.05, 4.69) is 43.8 Å². The Morgan fingerprint density at radius 2 is 2.00 bits per heavy atom. The van der Waals surface area contributed by atoms with Crippen molar-refractivity contribution < 1.29 is 4.79 Å². The highest BCUT2D eigenvalue weighted by molar-refractivity contribution is 14.1. The van der Waals surface area contributed by atoms with Gasteiger partial charge in [-0.25, -0.2) is 0 Å². The van der Waals surface area contributed by atoms with Gasteiger partial charge in [-0.1, -0.05) is 15.9 Å². The highest BCUT2D eigenvalue weighted by atomic mass is 127. The molecule has 0 aliphatic rings. The molecule has 0 heterocycles. The minimum atomic E-state index is -0.0313. The lowest BCUT2D eigenvalue weighted by atomic mass is 10.3. The minimum absolute atomic E-state index is 0.0313. The van der Waals surface area contributed by atoms with Crippen molar-refractivity contribution >= 4 is 50.1 Å². The molecule has 0 fully saturated rings. The number of benzene rings is 1. The van der Waals surface area contributed by atoms with Crippen LogP contribution in [0.25, 0.3) is 0 Å². The van der Waals surface area contributed by atoms with E-state index in [9.17, 15) is 4.79 Å². The quantitative estimate of drug-likeness (QED) is 0.651. The fraction of sp³-hybridized carbons (Fsp3) is 0.125. The van der Waals surface area contributed by atoms with Crippen LogP contribution in [0.2, 0.25) is 0 Å². The number of alkyl halides is 1. The van der Waals surface area contributed by atoms with Gasteiger partial charge in [0, 0.05) is 9.26 Å². The maximum absolute atomic E-state index is 10.9. The molecule has 0 radical (unpaired) electrons. The highest BCUT2D eigenvalue weighted by Crippen LogP contribution is 2.10. The van der Waals surface area contributed by atoms with Crippen molar-refractivity contribution in [3.63, 3.8) is 0 Å². The van der Waals surface area contributed by atoms with Crippen LogP contribution in [0.1, 0.15) is 0 Å². The molecule has 1 rings (SSSR count). The van der Waals surface area contributed by atoms with Crippen molar-refractivity contribution in [2.75, 3.05) is 10.6 Å². The van der Waals surface area contributed by atoms with E-state index in [0.717, 1.165) is 9.26 Å². The third-order valence-corrected chi connectivity index (χ3v) is 2.48. The third kappa shape index (κ3) is 3.10. The zero-order valence-corrected chi connectivity index (χ0v) is 9.92. The molecule has 0 atom stereocenters. The first-order valence-corrected chi connectivity index (χ1v) is 5.54. The van der Waals surface area contributed by atoms with Gasteiger partial charge in [0.1, 0.15) is 0 Å². The zero-order valence-electron chi connectivity index (χ0n) is 6.18. The largest absolute Gasteiger partial charge is 0.325 e. The lowest BCUT2D eigenvalue weighted by Gasteiger charge is -2.01. The second-order valence-corrected chi connectivity index (χ2v) is 4.00. The van der Waals surface area contributed by atoms with E-state index < -0.39 is 0 Å². The molecule has 0 saturated heterocycles. The van der Waals surface area contributed by atoms with Gasteiger partial charge >= 0.3 is 0 Å². The van der Waals surface area contributed by atoms with Crippen LogP contribution in [-0.2, 0) is 4.79 Å². The average Bonchev–Trinajstić information content (AvgIpc) is 2.09. The Bertz CT molecular complexity index is 273. The maximum atomic E-state index is 10.9. The summed E-state index contributed by atoms with van der Waals surface area (Å²) in [5, 5.41) is 3.06. The topological polar surface area (TPSA) is 29.1 Å². The minimum Gasteiger partial charge on any atom is -0.325 e. The molecule has 4 heteroatoms. The first-order valence-electron chi connectivity index (χ1n) is 3.34. The lowest BCUT2D eigenvalue weighted by Crippen LogP contribution is -2.11. The van der Waals surface area contributed by atoms with Crippen LogP contribution in [0.5, 0.6) is 0 Å². The van der Waals surface area contributed by atoms with Crippen molar-refractivity contribution in [3.05, 3.63) is 27.8 Å². The van der Waals surface area contributed by atoms with Crippen LogP contribution < -0.4 is 5.32 Å². The van der Waals surface area contributed by atoms with Crippen LogP contribution in [0.3, 0.4) is 0 Å². The number of nitrogens with one attached hydrogen (secondary N) is 1. The first kappa shape index (κ1) is 9.98. The summed E-state index contributed by atoms with van der Waals surface area (Å²) in [5.74, 6) is -0.0313. The molecule has 0 bridgehead atoms. The van der Waals surface area contributed by atoms with Crippen molar-refractivity contribution in [1.29, 1.82) is 0 Å². The number of hydrogen-bond acceptors (Lipinski definition) is 1. The van der Waals surface area contributed by atoms with E-state index in [0.29, 0.717) is 5.33 Å². The van der Waals surface area contributed by atoms with E-state index >= 15 is 0 Å². The predicted octanol–water partition coefficient (Wildman–Crippen LogP) is 2.62. The molecule has 2 nitrogen and oxygen atoms in total. The van der Waals surface area contributed by atoms with Gasteiger partial charge in [-0.15, -0.1) is 0 Å². The van der Waals surface area contributed by atoms with Gasteiger partial charge in [0.2, 0.25) is 5.91 Å². The molecule has 0 unspecified atom stereocenters. The van der Waals surface area contributed by atoms with Gasteiger partial charge in [0.05, 0.1) is 5.33 Å². The zero-order chi connectivity index (χ0) is 8.97. The third-order valence-electron chi connectivity index (χ3n) is 1.25. The molecule has 0 saturated carbocycles. The molecular formula is C8H7BrINO. The molecule has 0 aliphatic carbocycles. The second-order valence-electron chi connectivity index (χ2n) is 2.19. The van der Waals surface area contributed by atoms with Crippen molar-refractivity contribution in [3.8, 4) is 0 Å². The van der Waals surface area contributed by atoms with Crippen LogP contribution in [0, 0.1) is 3.57 Å². The average molecular weight is 340 g/mol. The molecule has 1 N–H and O–H groups in total. The van der Waals surface area contributed by atoms with Gasteiger partial charge < -0.3 is 5.32 Å². The maximum Gasteiger partial charge on any atom is 0.235 e. The summed E-state index contributed by atoms with van der Waals surface area (Å²) in [6, 6.07) is 7.65. The number of carbonyl (C=O) groups is 1. The monoisotopic (exact) mass is 339 g/mol. The summed E-state index contributed by atoms with van der Waals surface area (Å²) < 4.78 is 1.16. The Hall–Kier alpha value is -0.100. The van der Waals surface area contributed by atoms with Crippen molar-refractivity contribution in [1.82, 2.24) is 0 Å². The van der Waals surface area contributed by atoms with Gasteiger partial charge in [0.25, 0.3) is 0 Å². The fourth-order valence-electron chi connectivity index (χ4n) is 0.728. The Morgan fingerprint density at radius 3 is 2.50 bits per heavy atom. The van der Waals surface area contributed by atoms with E-state index in [4.69, 9.17) is 0 Å². The van der Waals surface area contributed by atoms with Crippen molar-refractivity contribution in [2.24, 2.45) is 0 Å². The predicted molar refractivity (Wildman–Crippen MR) is 61.6 cm³/mol. The van der Waals surface area contributed by atoms with E-state index in [1.165, 1.54) is 0 Å². The van der Waals surface area contributed by atoms with Crippen LogP contribution in [0.15, 0.2) is 24.3 Å². The van der Waals surface area contributed by atoms with E-state index in [-0.39, 0.29) is 5.91 Å². The first-order chi connectivity index (χ1) is 5.72. The van der Waals surface area contributed by atoms with Gasteiger partial charge in [0.15, 0.2) is 0 Å². The Kier molecular flexibility index (Phi) is 4.00. The number of hydrogen-bond donors (Lipinski definition) is 1.